The number of benzene rings is 2. The molecule has 21 heavy (non-hydrogen) atoms. The van der Waals surface area contributed by atoms with Crippen molar-refractivity contribution in [2.75, 3.05) is 6.54 Å². The average Bonchev–Trinajstić information content (AvgIpc) is 2.95. The van der Waals surface area contributed by atoms with E-state index in [1.165, 1.54) is 21.2 Å². The van der Waals surface area contributed by atoms with Gasteiger partial charge in [-0.25, -0.2) is 0 Å². The molecule has 0 unspecified atom stereocenters. The lowest BCUT2D eigenvalue weighted by Gasteiger charge is -2.07. The first-order valence-corrected chi connectivity index (χ1v) is 8.12. The molecule has 0 amide bonds. The van der Waals surface area contributed by atoms with Crippen molar-refractivity contribution in [3.63, 3.8) is 0 Å². The SMILES string of the molecule is CCNCc1ccc(OCc2csc3ccccc23)cc1. The van der Waals surface area contributed by atoms with Crippen molar-refractivity contribution < 1.29 is 4.74 Å². The molecule has 1 heterocycles. The van der Waals surface area contributed by atoms with Gasteiger partial charge in [0.2, 0.25) is 0 Å². The van der Waals surface area contributed by atoms with Crippen molar-refractivity contribution >= 4 is 21.4 Å². The van der Waals surface area contributed by atoms with Crippen molar-refractivity contribution in [3.8, 4) is 5.75 Å². The standard InChI is InChI=1S/C18H19NOS/c1-2-19-11-14-7-9-16(10-8-14)20-12-15-13-21-18-6-4-3-5-17(15)18/h3-10,13,19H,2,11-12H2,1H3. The smallest absolute Gasteiger partial charge is 0.119 e. The normalized spacial score (nSPS) is 10.9. The van der Waals surface area contributed by atoms with Crippen LogP contribution in [0.4, 0.5) is 0 Å². The summed E-state index contributed by atoms with van der Waals surface area (Å²) in [6.45, 7) is 4.63. The summed E-state index contributed by atoms with van der Waals surface area (Å²) < 4.78 is 7.22. The molecule has 3 heteroatoms. The third kappa shape index (κ3) is 3.43. The molecule has 3 rings (SSSR count). The van der Waals surface area contributed by atoms with E-state index in [0.717, 1.165) is 18.8 Å². The Morgan fingerprint density at radius 2 is 1.86 bits per heavy atom. The fourth-order valence-electron chi connectivity index (χ4n) is 2.28. The molecule has 0 saturated carbocycles. The van der Waals surface area contributed by atoms with E-state index in [2.05, 4.69) is 54.0 Å². The summed E-state index contributed by atoms with van der Waals surface area (Å²) >= 11 is 1.77. The van der Waals surface area contributed by atoms with Gasteiger partial charge >= 0.3 is 0 Å². The highest BCUT2D eigenvalue weighted by Crippen LogP contribution is 2.26. The molecular formula is C18H19NOS. The Labute approximate surface area is 129 Å². The van der Waals surface area contributed by atoms with Gasteiger partial charge in [0.25, 0.3) is 0 Å². The molecule has 0 atom stereocenters. The van der Waals surface area contributed by atoms with E-state index in [0.29, 0.717) is 6.61 Å². The molecule has 108 valence electrons. The van der Waals surface area contributed by atoms with Gasteiger partial charge in [-0.3, -0.25) is 0 Å². The monoisotopic (exact) mass is 297 g/mol. The Morgan fingerprint density at radius 1 is 1.05 bits per heavy atom. The van der Waals surface area contributed by atoms with Crippen LogP contribution in [0, 0.1) is 0 Å². The Bertz CT molecular complexity index is 703. The lowest BCUT2D eigenvalue weighted by Crippen LogP contribution is -2.11. The number of fused-ring (bicyclic) bond motifs is 1. The van der Waals surface area contributed by atoms with E-state index in [-0.39, 0.29) is 0 Å². The van der Waals surface area contributed by atoms with E-state index >= 15 is 0 Å². The third-order valence-electron chi connectivity index (χ3n) is 3.46. The van der Waals surface area contributed by atoms with Crippen molar-refractivity contribution in [2.24, 2.45) is 0 Å². The minimum absolute atomic E-state index is 0.622. The largest absolute Gasteiger partial charge is 0.489 e. The van der Waals surface area contributed by atoms with Crippen LogP contribution >= 0.6 is 11.3 Å². The maximum Gasteiger partial charge on any atom is 0.119 e. The molecule has 0 bridgehead atoms. The molecule has 0 spiro atoms. The molecule has 0 aliphatic carbocycles. The maximum absolute atomic E-state index is 5.90. The van der Waals surface area contributed by atoms with E-state index in [9.17, 15) is 0 Å². The van der Waals surface area contributed by atoms with Crippen LogP contribution in [0.15, 0.2) is 53.9 Å². The minimum Gasteiger partial charge on any atom is -0.489 e. The summed E-state index contributed by atoms with van der Waals surface area (Å²) in [4.78, 5) is 0. The van der Waals surface area contributed by atoms with E-state index in [4.69, 9.17) is 4.74 Å². The second-order valence-corrected chi connectivity index (χ2v) is 5.88. The van der Waals surface area contributed by atoms with E-state index in [1.54, 1.807) is 11.3 Å². The summed E-state index contributed by atoms with van der Waals surface area (Å²) in [5.74, 6) is 0.922. The predicted octanol–water partition coefficient (Wildman–Crippen LogP) is 4.59. The van der Waals surface area contributed by atoms with Crippen LogP contribution in [0.3, 0.4) is 0 Å². The minimum atomic E-state index is 0.622. The molecule has 0 saturated heterocycles. The van der Waals surface area contributed by atoms with E-state index < -0.39 is 0 Å². The molecular weight excluding hydrogens is 278 g/mol. The summed E-state index contributed by atoms with van der Waals surface area (Å²) in [7, 11) is 0. The molecule has 0 fully saturated rings. The summed E-state index contributed by atoms with van der Waals surface area (Å²) in [6, 6.07) is 16.8. The van der Waals surface area contributed by atoms with Crippen LogP contribution < -0.4 is 10.1 Å². The highest BCUT2D eigenvalue weighted by Gasteiger charge is 2.04. The molecule has 1 aromatic heterocycles. The van der Waals surface area contributed by atoms with Crippen molar-refractivity contribution in [1.82, 2.24) is 5.32 Å². The van der Waals surface area contributed by atoms with Crippen LogP contribution in [0.5, 0.6) is 5.75 Å². The zero-order chi connectivity index (χ0) is 14.5. The topological polar surface area (TPSA) is 21.3 Å². The fourth-order valence-corrected chi connectivity index (χ4v) is 3.23. The molecule has 1 N–H and O–H groups in total. The van der Waals surface area contributed by atoms with Crippen molar-refractivity contribution in [1.29, 1.82) is 0 Å². The second kappa shape index (κ2) is 6.74. The van der Waals surface area contributed by atoms with Crippen LogP contribution in [0.25, 0.3) is 10.1 Å². The molecule has 2 aromatic carbocycles. The lowest BCUT2D eigenvalue weighted by atomic mass is 10.2. The van der Waals surface area contributed by atoms with Crippen LogP contribution in [0.2, 0.25) is 0 Å². The van der Waals surface area contributed by atoms with Gasteiger partial charge in [-0.05, 0) is 41.1 Å². The first-order valence-electron chi connectivity index (χ1n) is 7.24. The Morgan fingerprint density at radius 3 is 2.67 bits per heavy atom. The Kier molecular flexibility index (Phi) is 4.53. The number of nitrogens with one attached hydrogen (secondary N) is 1. The number of rotatable bonds is 6. The van der Waals surface area contributed by atoms with Crippen molar-refractivity contribution in [3.05, 3.63) is 65.0 Å². The van der Waals surface area contributed by atoms with Crippen LogP contribution in [-0.2, 0) is 13.2 Å². The van der Waals surface area contributed by atoms with Gasteiger partial charge in [-0.15, -0.1) is 11.3 Å². The molecule has 0 radical (unpaired) electrons. The van der Waals surface area contributed by atoms with Gasteiger partial charge in [0.1, 0.15) is 12.4 Å². The van der Waals surface area contributed by atoms with Gasteiger partial charge in [0.05, 0.1) is 0 Å². The highest BCUT2D eigenvalue weighted by atomic mass is 32.1. The van der Waals surface area contributed by atoms with Gasteiger partial charge in [-0.2, -0.15) is 0 Å². The summed E-state index contributed by atoms with van der Waals surface area (Å²) in [6.07, 6.45) is 0. The lowest BCUT2D eigenvalue weighted by molar-refractivity contribution is 0.308. The van der Waals surface area contributed by atoms with E-state index in [1.807, 2.05) is 12.1 Å². The molecule has 3 aromatic rings. The second-order valence-electron chi connectivity index (χ2n) is 4.97. The summed E-state index contributed by atoms with van der Waals surface area (Å²) in [5.41, 5.74) is 2.54. The third-order valence-corrected chi connectivity index (χ3v) is 4.47. The maximum atomic E-state index is 5.90. The first-order chi connectivity index (χ1) is 10.4. The van der Waals surface area contributed by atoms with Crippen LogP contribution in [-0.4, -0.2) is 6.54 Å². The first kappa shape index (κ1) is 14.1. The van der Waals surface area contributed by atoms with Crippen LogP contribution in [0.1, 0.15) is 18.1 Å². The zero-order valence-electron chi connectivity index (χ0n) is 12.1. The van der Waals surface area contributed by atoms with Gasteiger partial charge in [0.15, 0.2) is 0 Å². The summed E-state index contributed by atoms with van der Waals surface area (Å²) in [5, 5.41) is 6.80. The predicted molar refractivity (Wildman–Crippen MR) is 90.0 cm³/mol. The Hall–Kier alpha value is -1.84. The quantitative estimate of drug-likeness (QED) is 0.718. The molecule has 0 aliphatic rings. The fraction of sp³-hybridized carbons (Fsp3) is 0.222. The van der Waals surface area contributed by atoms with Gasteiger partial charge < -0.3 is 10.1 Å². The highest BCUT2D eigenvalue weighted by molar-refractivity contribution is 7.17. The average molecular weight is 297 g/mol. The number of thiophene rings is 1. The Balaban J connectivity index is 1.64. The number of hydrogen-bond acceptors (Lipinski definition) is 3. The van der Waals surface area contributed by atoms with Gasteiger partial charge in [-0.1, -0.05) is 37.3 Å². The number of ether oxygens (including phenoxy) is 1. The zero-order valence-corrected chi connectivity index (χ0v) is 13.0. The molecule has 0 aliphatic heterocycles. The molecule has 2 nitrogen and oxygen atoms in total. The van der Waals surface area contributed by atoms with Gasteiger partial charge in [0, 0.05) is 16.8 Å². The van der Waals surface area contributed by atoms with Crippen molar-refractivity contribution in [2.45, 2.75) is 20.1 Å². The number of hydrogen-bond donors (Lipinski definition) is 1.